The van der Waals surface area contributed by atoms with Crippen LogP contribution in [0.1, 0.15) is 15.9 Å². The van der Waals surface area contributed by atoms with E-state index in [0.717, 1.165) is 11.0 Å². The van der Waals surface area contributed by atoms with Gasteiger partial charge in [0.1, 0.15) is 6.07 Å². The molecule has 1 heterocycles. The summed E-state index contributed by atoms with van der Waals surface area (Å²) in [6.07, 6.45) is 1.58. The molecule has 5 nitrogen and oxygen atoms in total. The second kappa shape index (κ2) is 5.27. The molecule has 3 rings (SSSR count). The van der Waals surface area contributed by atoms with Crippen molar-refractivity contribution in [3.05, 3.63) is 58.9 Å². The standard InChI is InChI=1S/C15H9ClN4O/c16-12-6-11(3-1-10(12)7-17)20-15(21)9-2-4-13-14(5-9)19-8-18-13/h1-6,8H,(H,18,19)(H,20,21). The van der Waals surface area contributed by atoms with E-state index in [1.165, 1.54) is 0 Å². The van der Waals surface area contributed by atoms with Crippen LogP contribution in [0.15, 0.2) is 42.7 Å². The molecule has 0 aliphatic heterocycles. The lowest BCUT2D eigenvalue weighted by atomic mass is 10.1. The van der Waals surface area contributed by atoms with Crippen LogP contribution in [0, 0.1) is 11.3 Å². The zero-order chi connectivity index (χ0) is 14.8. The summed E-state index contributed by atoms with van der Waals surface area (Å²) in [5.41, 5.74) is 3.00. The van der Waals surface area contributed by atoms with Gasteiger partial charge in [-0.2, -0.15) is 5.26 Å². The van der Waals surface area contributed by atoms with Crippen molar-refractivity contribution in [2.75, 3.05) is 5.32 Å². The third-order valence-corrected chi connectivity index (χ3v) is 3.34. The molecule has 3 aromatic rings. The van der Waals surface area contributed by atoms with Crippen molar-refractivity contribution < 1.29 is 4.79 Å². The summed E-state index contributed by atoms with van der Waals surface area (Å²) in [4.78, 5) is 19.2. The maximum Gasteiger partial charge on any atom is 0.255 e. The van der Waals surface area contributed by atoms with Crippen molar-refractivity contribution in [2.45, 2.75) is 0 Å². The van der Waals surface area contributed by atoms with Gasteiger partial charge in [-0.25, -0.2) is 4.98 Å². The number of hydrogen-bond donors (Lipinski definition) is 2. The molecule has 6 heteroatoms. The predicted molar refractivity (Wildman–Crippen MR) is 80.2 cm³/mol. The average Bonchev–Trinajstić information content (AvgIpc) is 2.94. The average molecular weight is 297 g/mol. The Morgan fingerprint density at radius 1 is 1.29 bits per heavy atom. The Labute approximate surface area is 125 Å². The Morgan fingerprint density at radius 3 is 2.90 bits per heavy atom. The number of aromatic nitrogens is 2. The smallest absolute Gasteiger partial charge is 0.255 e. The molecule has 0 saturated carbocycles. The van der Waals surface area contributed by atoms with Crippen molar-refractivity contribution in [3.63, 3.8) is 0 Å². The number of hydrogen-bond acceptors (Lipinski definition) is 3. The Bertz CT molecular complexity index is 879. The number of imidazole rings is 1. The second-order valence-corrected chi connectivity index (χ2v) is 4.80. The number of halogens is 1. The monoisotopic (exact) mass is 296 g/mol. The van der Waals surface area contributed by atoms with Crippen LogP contribution in [0.25, 0.3) is 11.0 Å². The molecule has 21 heavy (non-hydrogen) atoms. The minimum atomic E-state index is -0.257. The Kier molecular flexibility index (Phi) is 3.30. The molecule has 1 aromatic heterocycles. The number of fused-ring (bicyclic) bond motifs is 1. The zero-order valence-corrected chi connectivity index (χ0v) is 11.5. The normalized spacial score (nSPS) is 10.3. The third kappa shape index (κ3) is 2.57. The van der Waals surface area contributed by atoms with Gasteiger partial charge in [0.2, 0.25) is 0 Å². The number of nitrogens with one attached hydrogen (secondary N) is 2. The first-order valence-electron chi connectivity index (χ1n) is 6.11. The Hall–Kier alpha value is -2.84. The number of nitrogens with zero attached hydrogens (tertiary/aromatic N) is 2. The maximum absolute atomic E-state index is 12.2. The highest BCUT2D eigenvalue weighted by Crippen LogP contribution is 2.21. The molecule has 1 amide bonds. The van der Waals surface area contributed by atoms with Gasteiger partial charge in [0.15, 0.2) is 0 Å². The van der Waals surface area contributed by atoms with E-state index < -0.39 is 0 Å². The van der Waals surface area contributed by atoms with Gasteiger partial charge in [-0.1, -0.05) is 11.6 Å². The summed E-state index contributed by atoms with van der Waals surface area (Å²) in [5, 5.41) is 11.9. The fourth-order valence-corrected chi connectivity index (χ4v) is 2.19. The number of nitriles is 1. The molecule has 0 unspecified atom stereocenters. The van der Waals surface area contributed by atoms with Gasteiger partial charge in [-0.15, -0.1) is 0 Å². The van der Waals surface area contributed by atoms with Gasteiger partial charge in [0, 0.05) is 11.3 Å². The summed E-state index contributed by atoms with van der Waals surface area (Å²) >= 11 is 5.94. The Morgan fingerprint density at radius 2 is 2.14 bits per heavy atom. The van der Waals surface area contributed by atoms with Crippen LogP contribution in [-0.2, 0) is 0 Å². The first-order chi connectivity index (χ1) is 10.2. The Balaban J connectivity index is 1.85. The lowest BCUT2D eigenvalue weighted by Gasteiger charge is -2.06. The molecule has 0 fully saturated rings. The highest BCUT2D eigenvalue weighted by Gasteiger charge is 2.09. The molecule has 0 bridgehead atoms. The highest BCUT2D eigenvalue weighted by atomic mass is 35.5. The first-order valence-corrected chi connectivity index (χ1v) is 6.49. The molecule has 102 valence electrons. The van der Waals surface area contributed by atoms with Gasteiger partial charge in [-0.3, -0.25) is 4.79 Å². The van der Waals surface area contributed by atoms with Crippen LogP contribution < -0.4 is 5.32 Å². The molecule has 2 aromatic carbocycles. The maximum atomic E-state index is 12.2. The molecular weight excluding hydrogens is 288 g/mol. The van der Waals surface area contributed by atoms with Crippen LogP contribution in [0.3, 0.4) is 0 Å². The minimum Gasteiger partial charge on any atom is -0.345 e. The van der Waals surface area contributed by atoms with Crippen LogP contribution in [-0.4, -0.2) is 15.9 Å². The van der Waals surface area contributed by atoms with E-state index in [0.29, 0.717) is 21.8 Å². The van der Waals surface area contributed by atoms with E-state index in [2.05, 4.69) is 15.3 Å². The van der Waals surface area contributed by atoms with Crippen molar-refractivity contribution in [2.24, 2.45) is 0 Å². The fraction of sp³-hybridized carbons (Fsp3) is 0. The topological polar surface area (TPSA) is 81.6 Å². The number of carbonyl (C=O) groups excluding carboxylic acids is 1. The molecule has 2 N–H and O–H groups in total. The fourth-order valence-electron chi connectivity index (χ4n) is 1.96. The van der Waals surface area contributed by atoms with Crippen LogP contribution >= 0.6 is 11.6 Å². The molecule has 0 radical (unpaired) electrons. The van der Waals surface area contributed by atoms with Crippen LogP contribution in [0.2, 0.25) is 5.02 Å². The molecular formula is C15H9ClN4O. The predicted octanol–water partition coefficient (Wildman–Crippen LogP) is 3.34. The molecule has 0 aliphatic rings. The van der Waals surface area contributed by atoms with E-state index >= 15 is 0 Å². The van der Waals surface area contributed by atoms with E-state index in [9.17, 15) is 4.79 Å². The number of rotatable bonds is 2. The quantitative estimate of drug-likeness (QED) is 0.761. The lowest BCUT2D eigenvalue weighted by Crippen LogP contribution is -2.11. The first kappa shape index (κ1) is 13.2. The van der Waals surface area contributed by atoms with Crippen molar-refractivity contribution in [3.8, 4) is 6.07 Å². The summed E-state index contributed by atoms with van der Waals surface area (Å²) in [6, 6.07) is 11.9. The summed E-state index contributed by atoms with van der Waals surface area (Å²) < 4.78 is 0. The van der Waals surface area contributed by atoms with E-state index in [1.54, 1.807) is 42.7 Å². The summed E-state index contributed by atoms with van der Waals surface area (Å²) in [7, 11) is 0. The summed E-state index contributed by atoms with van der Waals surface area (Å²) in [6.45, 7) is 0. The van der Waals surface area contributed by atoms with E-state index in [4.69, 9.17) is 16.9 Å². The van der Waals surface area contributed by atoms with E-state index in [1.807, 2.05) is 6.07 Å². The van der Waals surface area contributed by atoms with Crippen molar-refractivity contribution in [1.82, 2.24) is 9.97 Å². The van der Waals surface area contributed by atoms with Crippen LogP contribution in [0.5, 0.6) is 0 Å². The minimum absolute atomic E-state index is 0.257. The van der Waals surface area contributed by atoms with Crippen molar-refractivity contribution >= 4 is 34.2 Å². The number of aromatic amines is 1. The van der Waals surface area contributed by atoms with Gasteiger partial charge in [0.05, 0.1) is 27.9 Å². The van der Waals surface area contributed by atoms with Crippen molar-refractivity contribution in [1.29, 1.82) is 5.26 Å². The van der Waals surface area contributed by atoms with Gasteiger partial charge < -0.3 is 10.3 Å². The van der Waals surface area contributed by atoms with Gasteiger partial charge in [0.25, 0.3) is 5.91 Å². The SMILES string of the molecule is N#Cc1ccc(NC(=O)c2ccc3nc[nH]c3c2)cc1Cl. The van der Waals surface area contributed by atoms with E-state index in [-0.39, 0.29) is 5.91 Å². The van der Waals surface area contributed by atoms with Gasteiger partial charge in [-0.05, 0) is 36.4 Å². The molecule has 0 atom stereocenters. The van der Waals surface area contributed by atoms with Gasteiger partial charge >= 0.3 is 0 Å². The van der Waals surface area contributed by atoms with Crippen LogP contribution in [0.4, 0.5) is 5.69 Å². The molecule has 0 aliphatic carbocycles. The second-order valence-electron chi connectivity index (χ2n) is 4.40. The largest absolute Gasteiger partial charge is 0.345 e. The third-order valence-electron chi connectivity index (χ3n) is 3.03. The zero-order valence-electron chi connectivity index (χ0n) is 10.7. The number of anilines is 1. The summed E-state index contributed by atoms with van der Waals surface area (Å²) in [5.74, 6) is -0.257. The number of carbonyl (C=O) groups is 1. The lowest BCUT2D eigenvalue weighted by molar-refractivity contribution is 0.102. The molecule has 0 saturated heterocycles. The number of amides is 1. The highest BCUT2D eigenvalue weighted by molar-refractivity contribution is 6.32. The number of benzene rings is 2. The molecule has 0 spiro atoms. The number of H-pyrrole nitrogens is 1.